The van der Waals surface area contributed by atoms with Gasteiger partial charge in [0, 0.05) is 0 Å². The Hall–Kier alpha value is 0.137. The predicted octanol–water partition coefficient (Wildman–Crippen LogP) is 2.10. The van der Waals surface area contributed by atoms with Gasteiger partial charge in [0.15, 0.2) is 9.04 Å². The van der Waals surface area contributed by atoms with E-state index in [0.717, 1.165) is 6.42 Å². The maximum Gasteiger partial charge on any atom is 0.173 e. The molecule has 0 aromatic carbocycles. The van der Waals surface area contributed by atoms with Crippen LogP contribution in [0, 0.1) is 5.41 Å². The molecule has 0 saturated heterocycles. The van der Waals surface area contributed by atoms with E-state index in [1.54, 1.807) is 0 Å². The van der Waals surface area contributed by atoms with Gasteiger partial charge in [-0.3, -0.25) is 0 Å². The van der Waals surface area contributed by atoms with E-state index in [1.807, 2.05) is 6.92 Å². The fourth-order valence-electron chi connectivity index (χ4n) is 1.63. The van der Waals surface area contributed by atoms with Gasteiger partial charge in [0.25, 0.3) is 0 Å². The smallest absolute Gasteiger partial charge is 0.173 e. The first kappa shape index (κ1) is 12.1. The summed E-state index contributed by atoms with van der Waals surface area (Å²) in [6, 6.07) is 0. The quantitative estimate of drug-likeness (QED) is 0.545. The highest BCUT2D eigenvalue weighted by Gasteiger charge is 2.27. The third kappa shape index (κ3) is 6.82. The van der Waals surface area contributed by atoms with Gasteiger partial charge >= 0.3 is 0 Å². The molecular formula is C9H23NOSi. The normalized spacial score (nSPS) is 18.0. The molecule has 0 rings (SSSR count). The molecule has 0 aliphatic heterocycles. The van der Waals surface area contributed by atoms with Gasteiger partial charge in [-0.2, -0.15) is 0 Å². The molecule has 0 aliphatic carbocycles. The first-order chi connectivity index (χ1) is 5.12. The van der Waals surface area contributed by atoms with E-state index in [2.05, 4.69) is 33.9 Å². The minimum atomic E-state index is -1.01. The molecule has 1 atom stereocenters. The van der Waals surface area contributed by atoms with Crippen molar-refractivity contribution >= 4 is 9.04 Å². The van der Waals surface area contributed by atoms with E-state index in [-0.39, 0.29) is 5.41 Å². The van der Waals surface area contributed by atoms with Crippen LogP contribution in [0.1, 0.15) is 34.1 Å². The molecule has 2 nitrogen and oxygen atoms in total. The van der Waals surface area contributed by atoms with Gasteiger partial charge in [-0.25, -0.2) is 0 Å². The van der Waals surface area contributed by atoms with Crippen LogP contribution >= 0.6 is 0 Å². The molecule has 1 unspecified atom stereocenters. The zero-order valence-electron chi connectivity index (χ0n) is 9.27. The molecule has 12 heavy (non-hydrogen) atoms. The fraction of sp³-hybridized carbons (Fsp3) is 1.00. The molecule has 0 saturated carbocycles. The van der Waals surface area contributed by atoms with Crippen LogP contribution in [0.25, 0.3) is 0 Å². The summed E-state index contributed by atoms with van der Waals surface area (Å²) in [5.41, 5.74) is 5.83. The summed E-state index contributed by atoms with van der Waals surface area (Å²) >= 11 is 0. The third-order valence-electron chi connectivity index (χ3n) is 1.39. The van der Waals surface area contributed by atoms with Crippen molar-refractivity contribution in [2.75, 3.05) is 0 Å². The van der Waals surface area contributed by atoms with Gasteiger partial charge < -0.3 is 10.2 Å². The summed E-state index contributed by atoms with van der Waals surface area (Å²) in [5.74, 6) is 0. The second-order valence-corrected chi connectivity index (χ2v) is 7.55. The van der Waals surface area contributed by atoms with Gasteiger partial charge in [0.05, 0.1) is 0 Å². The molecule has 0 bridgehead atoms. The number of rotatable bonds is 3. The average molecular weight is 189 g/mol. The van der Waals surface area contributed by atoms with Gasteiger partial charge in [-0.05, 0) is 31.9 Å². The summed E-state index contributed by atoms with van der Waals surface area (Å²) in [5, 5.41) is 0. The molecule has 0 spiro atoms. The minimum absolute atomic E-state index is 0.243. The Morgan fingerprint density at radius 3 is 1.83 bits per heavy atom. The largest absolute Gasteiger partial charge is 0.403 e. The summed E-state index contributed by atoms with van der Waals surface area (Å²) in [6.45, 7) is 12.8. The van der Waals surface area contributed by atoms with Crippen LogP contribution in [0.4, 0.5) is 0 Å². The minimum Gasteiger partial charge on any atom is -0.403 e. The van der Waals surface area contributed by atoms with E-state index in [4.69, 9.17) is 10.2 Å². The highest BCUT2D eigenvalue weighted by atomic mass is 28.3. The Morgan fingerprint density at radius 1 is 1.17 bits per heavy atom. The molecule has 2 N–H and O–H groups in total. The van der Waals surface area contributed by atoms with E-state index >= 15 is 0 Å². The maximum atomic E-state index is 6.02. The summed E-state index contributed by atoms with van der Waals surface area (Å²) in [4.78, 5) is 0. The topological polar surface area (TPSA) is 35.2 Å². The van der Waals surface area contributed by atoms with Gasteiger partial charge in [0.2, 0.25) is 0 Å². The zero-order chi connectivity index (χ0) is 9.99. The predicted molar refractivity (Wildman–Crippen MR) is 56.6 cm³/mol. The van der Waals surface area contributed by atoms with Crippen LogP contribution in [0.15, 0.2) is 0 Å². The van der Waals surface area contributed by atoms with Crippen molar-refractivity contribution in [3.05, 3.63) is 0 Å². The lowest BCUT2D eigenvalue weighted by molar-refractivity contribution is 0.0497. The summed E-state index contributed by atoms with van der Waals surface area (Å²) in [7, 11) is -1.01. The molecule has 0 fully saturated rings. The van der Waals surface area contributed by atoms with E-state index in [0.29, 0.717) is 0 Å². The van der Waals surface area contributed by atoms with Crippen molar-refractivity contribution in [3.63, 3.8) is 0 Å². The van der Waals surface area contributed by atoms with E-state index < -0.39 is 14.8 Å². The van der Waals surface area contributed by atoms with Gasteiger partial charge in [-0.1, -0.05) is 20.8 Å². The fourth-order valence-corrected chi connectivity index (χ4v) is 2.79. The second-order valence-electron chi connectivity index (χ2n) is 5.22. The zero-order valence-corrected chi connectivity index (χ0v) is 10.4. The highest BCUT2D eigenvalue weighted by Crippen LogP contribution is 2.26. The Labute approximate surface area is 78.2 Å². The van der Waals surface area contributed by atoms with Crippen LogP contribution < -0.4 is 5.73 Å². The second kappa shape index (κ2) is 3.90. The molecular weight excluding hydrogens is 166 g/mol. The Morgan fingerprint density at radius 2 is 1.58 bits per heavy atom. The highest BCUT2D eigenvalue weighted by molar-refractivity contribution is 6.48. The van der Waals surface area contributed by atoms with Gasteiger partial charge in [-0.15, -0.1) is 0 Å². The Bertz CT molecular complexity index is 138. The van der Waals surface area contributed by atoms with Crippen molar-refractivity contribution in [2.24, 2.45) is 11.1 Å². The lowest BCUT2D eigenvalue weighted by atomic mass is 9.87. The first-order valence-electron chi connectivity index (χ1n) is 4.59. The molecule has 0 radical (unpaired) electrons. The number of hydrogen-bond acceptors (Lipinski definition) is 2. The Balaban J connectivity index is 4.04. The molecule has 74 valence electrons. The van der Waals surface area contributed by atoms with E-state index in [9.17, 15) is 0 Å². The number of hydrogen-bond donors (Lipinski definition) is 1. The molecule has 0 amide bonds. The third-order valence-corrected chi connectivity index (χ3v) is 2.40. The maximum absolute atomic E-state index is 6.02. The van der Waals surface area contributed by atoms with Crippen LogP contribution in [0.3, 0.4) is 0 Å². The first-order valence-corrected chi connectivity index (χ1v) is 7.37. The van der Waals surface area contributed by atoms with Crippen LogP contribution in [0.5, 0.6) is 0 Å². The molecule has 0 aliphatic rings. The summed E-state index contributed by atoms with van der Waals surface area (Å²) < 4.78 is 5.73. The van der Waals surface area contributed by atoms with Crippen molar-refractivity contribution < 1.29 is 4.43 Å². The lowest BCUT2D eigenvalue weighted by Gasteiger charge is -2.34. The van der Waals surface area contributed by atoms with E-state index in [1.165, 1.54) is 0 Å². The van der Waals surface area contributed by atoms with Crippen molar-refractivity contribution in [1.29, 1.82) is 0 Å². The average Bonchev–Trinajstić information content (AvgIpc) is 1.48. The molecule has 0 heterocycles. The molecule has 0 aromatic rings. The SMILES string of the molecule is C[SiH](C)OC(C)(N)CC(C)(C)C. The van der Waals surface area contributed by atoms with Crippen molar-refractivity contribution in [1.82, 2.24) is 0 Å². The molecule has 0 aromatic heterocycles. The molecule has 3 heteroatoms. The Kier molecular flexibility index (Phi) is 3.94. The van der Waals surface area contributed by atoms with Gasteiger partial charge in [0.1, 0.15) is 5.72 Å². The van der Waals surface area contributed by atoms with Crippen molar-refractivity contribution in [3.8, 4) is 0 Å². The van der Waals surface area contributed by atoms with Crippen LogP contribution in [0.2, 0.25) is 13.1 Å². The number of nitrogens with two attached hydrogens (primary N) is 1. The monoisotopic (exact) mass is 189 g/mol. The van der Waals surface area contributed by atoms with Crippen LogP contribution in [-0.4, -0.2) is 14.8 Å². The standard InChI is InChI=1S/C9H23NOSi/c1-8(2,3)7-9(4,10)11-12(5)6/h12H,7,10H2,1-6H3. The van der Waals surface area contributed by atoms with Crippen LogP contribution in [-0.2, 0) is 4.43 Å². The lowest BCUT2D eigenvalue weighted by Crippen LogP contribution is -2.45. The summed E-state index contributed by atoms with van der Waals surface area (Å²) in [6.07, 6.45) is 0.908. The van der Waals surface area contributed by atoms with Crippen molar-refractivity contribution in [2.45, 2.75) is 52.9 Å².